The summed E-state index contributed by atoms with van der Waals surface area (Å²) in [6.45, 7) is 1.27. The highest BCUT2D eigenvalue weighted by Crippen LogP contribution is 2.53. The van der Waals surface area contributed by atoms with E-state index in [1.807, 2.05) is 30.3 Å². The molecule has 2 aromatic rings. The number of nitrogens with one attached hydrogen (secondary N) is 1. The number of hydrogen-bond donors (Lipinski definition) is 1. The number of halogens is 2. The molecule has 4 aliphatic rings. The molecule has 0 aromatic heterocycles. The lowest BCUT2D eigenvalue weighted by molar-refractivity contribution is -0.0142. The van der Waals surface area contributed by atoms with Crippen LogP contribution < -0.4 is 14.8 Å². The van der Waals surface area contributed by atoms with Crippen LogP contribution in [0.15, 0.2) is 40.9 Å². The highest BCUT2D eigenvalue weighted by atomic mass is 79.9. The summed E-state index contributed by atoms with van der Waals surface area (Å²) in [7, 11) is 1.70. The average molecular weight is 491 g/mol. The third-order valence-corrected chi connectivity index (χ3v) is 8.54. The normalized spacial score (nSPS) is 29.2. The van der Waals surface area contributed by atoms with Crippen molar-refractivity contribution < 1.29 is 9.47 Å². The molecule has 0 spiro atoms. The van der Waals surface area contributed by atoms with Crippen LogP contribution in [0.25, 0.3) is 0 Å². The lowest BCUT2D eigenvalue weighted by Gasteiger charge is -2.54. The van der Waals surface area contributed by atoms with Crippen molar-refractivity contribution >= 4 is 27.5 Å². The van der Waals surface area contributed by atoms with Crippen molar-refractivity contribution in [2.45, 2.75) is 51.3 Å². The molecule has 0 aliphatic heterocycles. The van der Waals surface area contributed by atoms with Crippen LogP contribution in [0.2, 0.25) is 5.02 Å². The molecule has 160 valence electrons. The molecule has 3 nitrogen and oxygen atoms in total. The molecule has 5 heteroatoms. The van der Waals surface area contributed by atoms with E-state index in [-0.39, 0.29) is 0 Å². The van der Waals surface area contributed by atoms with E-state index < -0.39 is 0 Å². The van der Waals surface area contributed by atoms with E-state index in [0.717, 1.165) is 51.8 Å². The van der Waals surface area contributed by atoms with Gasteiger partial charge >= 0.3 is 0 Å². The second-order valence-electron chi connectivity index (χ2n) is 9.31. The maximum Gasteiger partial charge on any atom is 0.162 e. The third-order valence-electron chi connectivity index (χ3n) is 7.43. The van der Waals surface area contributed by atoms with Gasteiger partial charge in [0.05, 0.1) is 7.11 Å². The molecule has 4 bridgehead atoms. The van der Waals surface area contributed by atoms with E-state index in [4.69, 9.17) is 21.1 Å². The first-order valence-corrected chi connectivity index (χ1v) is 12.2. The fourth-order valence-corrected chi connectivity index (χ4v) is 6.90. The Bertz CT molecular complexity index is 890. The number of methoxy groups -OCH3 is 1. The SMILES string of the molecule is COc1cc(CNC2C3CC4CC(C3)CC2C4)c(Br)cc1OCc1ccccc1Cl. The van der Waals surface area contributed by atoms with Crippen molar-refractivity contribution in [3.8, 4) is 11.5 Å². The Kier molecular flexibility index (Phi) is 6.01. The van der Waals surface area contributed by atoms with Crippen LogP contribution in [-0.2, 0) is 13.2 Å². The van der Waals surface area contributed by atoms with Gasteiger partial charge in [0.25, 0.3) is 0 Å². The highest BCUT2D eigenvalue weighted by Gasteiger charge is 2.47. The van der Waals surface area contributed by atoms with E-state index in [1.54, 1.807) is 7.11 Å². The largest absolute Gasteiger partial charge is 0.493 e. The minimum Gasteiger partial charge on any atom is -0.493 e. The summed E-state index contributed by atoms with van der Waals surface area (Å²) >= 11 is 10.0. The highest BCUT2D eigenvalue weighted by molar-refractivity contribution is 9.10. The zero-order chi connectivity index (χ0) is 20.7. The lowest BCUT2D eigenvalue weighted by Crippen LogP contribution is -2.54. The molecule has 0 atom stereocenters. The van der Waals surface area contributed by atoms with Gasteiger partial charge in [-0.1, -0.05) is 45.7 Å². The van der Waals surface area contributed by atoms with E-state index in [0.29, 0.717) is 17.7 Å². The summed E-state index contributed by atoms with van der Waals surface area (Å²) < 4.78 is 12.7. The van der Waals surface area contributed by atoms with Gasteiger partial charge in [0.2, 0.25) is 0 Å². The molecule has 4 fully saturated rings. The zero-order valence-corrected chi connectivity index (χ0v) is 19.7. The molecule has 0 saturated heterocycles. The van der Waals surface area contributed by atoms with Gasteiger partial charge in [0.1, 0.15) is 6.61 Å². The monoisotopic (exact) mass is 489 g/mol. The molecule has 0 unspecified atom stereocenters. The van der Waals surface area contributed by atoms with Crippen LogP contribution >= 0.6 is 27.5 Å². The molecule has 2 aromatic carbocycles. The van der Waals surface area contributed by atoms with E-state index in [9.17, 15) is 0 Å². The average Bonchev–Trinajstić information content (AvgIpc) is 2.73. The quantitative estimate of drug-likeness (QED) is 0.474. The first-order valence-electron chi connectivity index (χ1n) is 11.1. The summed E-state index contributed by atoms with van der Waals surface area (Å²) in [5, 5.41) is 4.63. The third kappa shape index (κ3) is 4.11. The van der Waals surface area contributed by atoms with Crippen LogP contribution in [-0.4, -0.2) is 13.2 Å². The molecule has 4 aliphatic carbocycles. The summed E-state index contributed by atoms with van der Waals surface area (Å²) in [6.07, 6.45) is 7.24. The van der Waals surface area contributed by atoms with Crippen LogP contribution in [0.3, 0.4) is 0 Å². The van der Waals surface area contributed by atoms with E-state index >= 15 is 0 Å². The molecule has 0 heterocycles. The van der Waals surface area contributed by atoms with Gasteiger partial charge in [0, 0.05) is 27.6 Å². The molecule has 0 amide bonds. The molecule has 30 heavy (non-hydrogen) atoms. The molecule has 0 radical (unpaired) electrons. The summed E-state index contributed by atoms with van der Waals surface area (Å²) in [4.78, 5) is 0. The predicted molar refractivity (Wildman–Crippen MR) is 124 cm³/mol. The van der Waals surface area contributed by atoms with Gasteiger partial charge in [-0.15, -0.1) is 0 Å². The molecule has 1 N–H and O–H groups in total. The van der Waals surface area contributed by atoms with Crippen molar-refractivity contribution in [3.05, 3.63) is 57.0 Å². The topological polar surface area (TPSA) is 30.5 Å². The number of ether oxygens (including phenoxy) is 2. The fraction of sp³-hybridized carbons (Fsp3) is 0.520. The minimum atomic E-state index is 0.411. The van der Waals surface area contributed by atoms with Crippen molar-refractivity contribution in [2.24, 2.45) is 23.7 Å². The maximum atomic E-state index is 6.26. The Hall–Kier alpha value is -1.23. The smallest absolute Gasteiger partial charge is 0.162 e. The predicted octanol–water partition coefficient (Wildman–Crippen LogP) is 6.60. The van der Waals surface area contributed by atoms with Crippen molar-refractivity contribution in [3.63, 3.8) is 0 Å². The molecule has 6 rings (SSSR count). The summed E-state index contributed by atoms with van der Waals surface area (Å²) in [5.41, 5.74) is 2.18. The van der Waals surface area contributed by atoms with Crippen molar-refractivity contribution in [1.29, 1.82) is 0 Å². The van der Waals surface area contributed by atoms with Gasteiger partial charge < -0.3 is 14.8 Å². The number of rotatable bonds is 7. The van der Waals surface area contributed by atoms with Crippen LogP contribution in [0.5, 0.6) is 11.5 Å². The zero-order valence-electron chi connectivity index (χ0n) is 17.4. The van der Waals surface area contributed by atoms with Gasteiger partial charge in [-0.05, 0) is 79.5 Å². The van der Waals surface area contributed by atoms with Gasteiger partial charge in [-0.25, -0.2) is 0 Å². The standard InChI is InChI=1S/C25H29BrClNO2/c1-29-23-11-20(13-28-25-18-7-15-6-16(9-18)10-19(25)8-15)21(26)12-24(23)30-14-17-4-2-3-5-22(17)27/h2-5,11-12,15-16,18-19,25,28H,6-10,13-14H2,1H3. The van der Waals surface area contributed by atoms with Crippen LogP contribution in [0.4, 0.5) is 0 Å². The second kappa shape index (κ2) is 8.72. The Labute approximate surface area is 192 Å². The Morgan fingerprint density at radius 1 is 0.967 bits per heavy atom. The first kappa shape index (κ1) is 20.7. The molecular weight excluding hydrogens is 462 g/mol. The van der Waals surface area contributed by atoms with Crippen LogP contribution in [0, 0.1) is 23.7 Å². The second-order valence-corrected chi connectivity index (χ2v) is 10.6. The van der Waals surface area contributed by atoms with Crippen molar-refractivity contribution in [1.82, 2.24) is 5.32 Å². The first-order chi connectivity index (χ1) is 14.6. The van der Waals surface area contributed by atoms with Crippen LogP contribution in [0.1, 0.15) is 43.2 Å². The number of hydrogen-bond acceptors (Lipinski definition) is 3. The molecular formula is C25H29BrClNO2. The fourth-order valence-electron chi connectivity index (χ4n) is 6.24. The van der Waals surface area contributed by atoms with Gasteiger partial charge in [-0.3, -0.25) is 0 Å². The lowest BCUT2D eigenvalue weighted by atomic mass is 9.54. The maximum absolute atomic E-state index is 6.26. The Balaban J connectivity index is 1.26. The van der Waals surface area contributed by atoms with Crippen molar-refractivity contribution in [2.75, 3.05) is 7.11 Å². The van der Waals surface area contributed by atoms with E-state index in [2.05, 4.69) is 27.3 Å². The summed E-state index contributed by atoms with van der Waals surface area (Å²) in [6, 6.07) is 12.5. The van der Waals surface area contributed by atoms with Gasteiger partial charge in [0.15, 0.2) is 11.5 Å². The summed E-state index contributed by atoms with van der Waals surface area (Å²) in [5.74, 6) is 5.24. The minimum absolute atomic E-state index is 0.411. The molecule has 4 saturated carbocycles. The Morgan fingerprint density at radius 2 is 1.67 bits per heavy atom. The Morgan fingerprint density at radius 3 is 2.33 bits per heavy atom. The number of benzene rings is 2. The van der Waals surface area contributed by atoms with Gasteiger partial charge in [-0.2, -0.15) is 0 Å². The van der Waals surface area contributed by atoms with E-state index in [1.165, 1.54) is 37.7 Å².